The molecule has 3 fully saturated rings. The first-order valence-electron chi connectivity index (χ1n) is 15.3. The highest BCUT2D eigenvalue weighted by Crippen LogP contribution is 2.36. The number of fused-ring (bicyclic) bond motifs is 2. The van der Waals surface area contributed by atoms with Gasteiger partial charge in [0.15, 0.2) is 11.5 Å². The third-order valence-electron chi connectivity index (χ3n) is 8.53. The highest BCUT2D eigenvalue weighted by atomic mass is 32.2. The van der Waals surface area contributed by atoms with E-state index in [1.54, 1.807) is 6.33 Å². The maximum Gasteiger partial charge on any atom is 0.315 e. The van der Waals surface area contributed by atoms with Gasteiger partial charge in [-0.15, -0.1) is 0 Å². The Morgan fingerprint density at radius 1 is 1.14 bits per heavy atom. The first-order valence-corrected chi connectivity index (χ1v) is 17.8. The van der Waals surface area contributed by atoms with Crippen LogP contribution in [0.3, 0.4) is 0 Å². The Hall–Kier alpha value is -2.69. The molecule has 2 aliphatic heterocycles. The molecule has 5 rings (SSSR count). The van der Waals surface area contributed by atoms with Crippen molar-refractivity contribution in [2.24, 2.45) is 5.92 Å². The van der Waals surface area contributed by atoms with Crippen molar-refractivity contribution >= 4 is 50.9 Å². The average molecular weight is 639 g/mol. The van der Waals surface area contributed by atoms with Crippen molar-refractivity contribution in [3.63, 3.8) is 0 Å². The molecule has 4 heterocycles. The minimum atomic E-state index is -3.92. The Morgan fingerprint density at radius 2 is 1.91 bits per heavy atom. The Balaban J connectivity index is 0.000000541. The van der Waals surface area contributed by atoms with Crippen LogP contribution in [0.25, 0.3) is 11.2 Å². The van der Waals surface area contributed by atoms with Gasteiger partial charge in [0.25, 0.3) is 0 Å². The fraction of sp³-hybridized carbons (Fsp3) is 0.741. The number of imidazole rings is 1. The number of nitrogens with two attached hydrogens (primary N) is 1. The number of thioether (sulfide) groups is 1. The lowest BCUT2D eigenvalue weighted by Crippen LogP contribution is -2.41. The minimum Gasteiger partial charge on any atom is -0.382 e. The molecule has 1 aliphatic carbocycles. The van der Waals surface area contributed by atoms with E-state index >= 15 is 0 Å². The largest absolute Gasteiger partial charge is 0.382 e. The van der Waals surface area contributed by atoms with Crippen LogP contribution in [0.15, 0.2) is 12.7 Å². The van der Waals surface area contributed by atoms with Crippen molar-refractivity contribution in [3.8, 4) is 0 Å². The Morgan fingerprint density at radius 3 is 2.63 bits per heavy atom. The summed E-state index contributed by atoms with van der Waals surface area (Å²) in [5.74, 6) is 0.850. The number of rotatable bonds is 13. The molecular weight excluding hydrogens is 592 g/mol. The molecule has 0 aromatic carbocycles. The van der Waals surface area contributed by atoms with E-state index in [4.69, 9.17) is 5.73 Å². The second-order valence-electron chi connectivity index (χ2n) is 11.3. The summed E-state index contributed by atoms with van der Waals surface area (Å²) in [5.41, 5.74) is 7.11. The van der Waals surface area contributed by atoms with E-state index in [1.165, 1.54) is 26.0 Å². The molecule has 2 aromatic heterocycles. The van der Waals surface area contributed by atoms with E-state index < -0.39 is 16.1 Å². The summed E-state index contributed by atoms with van der Waals surface area (Å²) in [7, 11) is -3.92. The van der Waals surface area contributed by atoms with Crippen molar-refractivity contribution in [2.75, 3.05) is 37.7 Å². The lowest BCUT2D eigenvalue weighted by atomic mass is 10.0. The Labute approximate surface area is 258 Å². The van der Waals surface area contributed by atoms with E-state index in [1.807, 2.05) is 16.3 Å². The summed E-state index contributed by atoms with van der Waals surface area (Å²) in [5, 5.41) is 6.18. The van der Waals surface area contributed by atoms with Gasteiger partial charge in [0.1, 0.15) is 11.8 Å². The summed E-state index contributed by atoms with van der Waals surface area (Å²) in [6, 6.07) is 0.342. The van der Waals surface area contributed by atoms with Crippen LogP contribution in [0.4, 0.5) is 10.6 Å². The molecule has 0 unspecified atom stereocenters. The number of aromatic nitrogens is 4. The number of amides is 3. The summed E-state index contributed by atoms with van der Waals surface area (Å²) in [4.78, 5) is 38.6. The molecule has 5 atom stereocenters. The third-order valence-corrected chi connectivity index (χ3v) is 11.1. The van der Waals surface area contributed by atoms with Gasteiger partial charge in [-0.1, -0.05) is 27.2 Å². The number of hydrogen-bond acceptors (Lipinski definition) is 10. The zero-order valence-corrected chi connectivity index (χ0v) is 26.9. The van der Waals surface area contributed by atoms with Crippen molar-refractivity contribution in [3.05, 3.63) is 12.7 Å². The van der Waals surface area contributed by atoms with Crippen LogP contribution in [0, 0.1) is 5.92 Å². The molecule has 2 aromatic rings. The number of nitrogens with one attached hydrogen (secondary N) is 4. The van der Waals surface area contributed by atoms with E-state index in [2.05, 4.69) is 60.7 Å². The number of unbranched alkanes of at least 4 members (excludes halogenated alkanes) is 1. The van der Waals surface area contributed by atoms with Crippen molar-refractivity contribution < 1.29 is 18.0 Å². The summed E-state index contributed by atoms with van der Waals surface area (Å²) < 4.78 is 31.4. The van der Waals surface area contributed by atoms with E-state index in [0.717, 1.165) is 37.9 Å². The summed E-state index contributed by atoms with van der Waals surface area (Å²) in [6.45, 7) is 10.4. The number of anilines is 1. The number of nitrogens with zero attached hydrogens (tertiary/aromatic N) is 5. The predicted molar refractivity (Wildman–Crippen MR) is 169 cm³/mol. The molecule has 3 amide bonds. The molecule has 0 bridgehead atoms. The standard InChI is InChI=1S/C21H31N9O4S2.C6H15N/c22-19-18-20(24-10-23-19)30(11-25-18)13-6-5-12(7-13)8-26-36(33,34)29-16(31)4-2-1-3-15-17-14(9-35-15)27-21(32)28-17;1-4-7(5-2)6-3/h10-15,17,26H,1-9H2,(H,29,31)(H2,22,23,24)(H2,27,28,32);4-6H2,1-3H3/t12-,13+,14+,15+,17+;/m1./s1. The molecule has 6 N–H and O–H groups in total. The molecule has 0 spiro atoms. The van der Waals surface area contributed by atoms with Crippen LogP contribution in [-0.2, 0) is 15.0 Å². The molecule has 43 heavy (non-hydrogen) atoms. The van der Waals surface area contributed by atoms with Gasteiger partial charge in [-0.3, -0.25) is 4.79 Å². The number of urea groups is 1. The van der Waals surface area contributed by atoms with Gasteiger partial charge in [0.2, 0.25) is 5.91 Å². The van der Waals surface area contributed by atoms with Crippen LogP contribution in [-0.4, -0.2) is 94.0 Å². The van der Waals surface area contributed by atoms with Crippen molar-refractivity contribution in [2.45, 2.75) is 89.1 Å². The van der Waals surface area contributed by atoms with Gasteiger partial charge >= 0.3 is 16.2 Å². The molecule has 240 valence electrons. The fourth-order valence-electron chi connectivity index (χ4n) is 6.03. The summed E-state index contributed by atoms with van der Waals surface area (Å²) >= 11 is 1.82. The van der Waals surface area contributed by atoms with Crippen molar-refractivity contribution in [1.82, 2.24) is 44.5 Å². The smallest absolute Gasteiger partial charge is 0.315 e. The molecule has 3 aliphatic rings. The van der Waals surface area contributed by atoms with Gasteiger partial charge in [0, 0.05) is 30.0 Å². The molecule has 0 radical (unpaired) electrons. The van der Waals surface area contributed by atoms with Gasteiger partial charge < -0.3 is 25.8 Å². The zero-order chi connectivity index (χ0) is 31.0. The minimum absolute atomic E-state index is 0.115. The quantitative estimate of drug-likeness (QED) is 0.160. The molecule has 1 saturated carbocycles. The first kappa shape index (κ1) is 33.2. The SMILES string of the molecule is CCN(CC)CC.Nc1ncnc2c1ncn2[C@H]1CC[C@@H](CNS(=O)(=O)NC(=O)CCCC[C@@H]2SC[C@@H]3NC(=O)N[C@@H]32)C1. The third kappa shape index (κ3) is 8.92. The lowest BCUT2D eigenvalue weighted by molar-refractivity contribution is -0.119. The Kier molecular flexibility index (Phi) is 11.9. The van der Waals surface area contributed by atoms with Gasteiger partial charge in [-0.2, -0.15) is 24.9 Å². The second kappa shape index (κ2) is 15.3. The number of carbonyl (C=O) groups is 2. The van der Waals surface area contributed by atoms with E-state index in [0.29, 0.717) is 28.7 Å². The average Bonchev–Trinajstić information content (AvgIpc) is 3.76. The molecular formula is C27H46N10O4S2. The zero-order valence-electron chi connectivity index (χ0n) is 25.3. The van der Waals surface area contributed by atoms with Gasteiger partial charge in [0.05, 0.1) is 18.4 Å². The van der Waals surface area contributed by atoms with Gasteiger partial charge in [-0.25, -0.2) is 24.5 Å². The number of carbonyl (C=O) groups excluding carboxylic acids is 2. The van der Waals surface area contributed by atoms with Crippen LogP contribution in [0.5, 0.6) is 0 Å². The van der Waals surface area contributed by atoms with Crippen molar-refractivity contribution in [1.29, 1.82) is 0 Å². The highest BCUT2D eigenvalue weighted by Gasteiger charge is 2.42. The van der Waals surface area contributed by atoms with Crippen LogP contribution < -0.4 is 25.8 Å². The highest BCUT2D eigenvalue weighted by molar-refractivity contribution is 8.00. The van der Waals surface area contributed by atoms with Crippen LogP contribution >= 0.6 is 11.8 Å². The molecule has 16 heteroatoms. The van der Waals surface area contributed by atoms with Crippen LogP contribution in [0.2, 0.25) is 0 Å². The first-order chi connectivity index (χ1) is 20.6. The second-order valence-corrected chi connectivity index (χ2v) is 14.1. The predicted octanol–water partition coefficient (Wildman–Crippen LogP) is 1.77. The maximum atomic E-state index is 12.4. The number of hydrogen-bond donors (Lipinski definition) is 5. The lowest BCUT2D eigenvalue weighted by Gasteiger charge is -2.16. The monoisotopic (exact) mass is 638 g/mol. The molecule has 2 saturated heterocycles. The number of nitrogen functional groups attached to an aromatic ring is 1. The normalized spacial score (nSPS) is 24.8. The maximum absolute atomic E-state index is 12.4. The summed E-state index contributed by atoms with van der Waals surface area (Å²) in [6.07, 6.45) is 8.00. The van der Waals surface area contributed by atoms with E-state index in [-0.39, 0.29) is 43.0 Å². The van der Waals surface area contributed by atoms with Gasteiger partial charge in [-0.05, 0) is 57.7 Å². The van der Waals surface area contributed by atoms with Crippen LogP contribution in [0.1, 0.15) is 71.8 Å². The van der Waals surface area contributed by atoms with E-state index in [9.17, 15) is 18.0 Å². The topological polar surface area (TPSA) is 189 Å². The molecule has 14 nitrogen and oxygen atoms in total. The fourth-order valence-corrected chi connectivity index (χ4v) is 8.51. The Bertz CT molecular complexity index is 1330.